The van der Waals surface area contributed by atoms with Gasteiger partial charge in [0.05, 0.1) is 17.5 Å². The van der Waals surface area contributed by atoms with Crippen LogP contribution in [0, 0.1) is 11.6 Å². The number of ether oxygens (including phenoxy) is 2. The average molecular weight is 647 g/mol. The van der Waals surface area contributed by atoms with Crippen LogP contribution in [0.5, 0.6) is 11.8 Å². The van der Waals surface area contributed by atoms with Gasteiger partial charge >= 0.3 is 12.1 Å². The highest BCUT2D eigenvalue weighted by molar-refractivity contribution is 6.01. The molecule has 3 saturated heterocycles. The summed E-state index contributed by atoms with van der Waals surface area (Å²) in [6.45, 7) is 7.47. The Morgan fingerprint density at radius 1 is 1.11 bits per heavy atom. The number of pyridine rings is 1. The summed E-state index contributed by atoms with van der Waals surface area (Å²) in [6.07, 6.45) is 6.79. The van der Waals surface area contributed by atoms with Gasteiger partial charge in [-0.2, -0.15) is 9.97 Å². The number of nitrogens with one attached hydrogen (secondary N) is 1. The first-order valence-electron chi connectivity index (χ1n) is 16.8. The van der Waals surface area contributed by atoms with Crippen LogP contribution in [0.25, 0.3) is 32.9 Å². The van der Waals surface area contributed by atoms with E-state index in [1.165, 1.54) is 30.5 Å². The molecule has 12 heteroatoms. The number of aromatic hydroxyl groups is 1. The first-order chi connectivity index (χ1) is 22.9. The summed E-state index contributed by atoms with van der Waals surface area (Å²) in [5, 5.41) is 14.8. The molecule has 1 unspecified atom stereocenters. The number of rotatable bonds is 3. The Balaban J connectivity index is 0.00000172. The Bertz CT molecular complexity index is 1830. The molecule has 0 spiro atoms. The van der Waals surface area contributed by atoms with Crippen LogP contribution in [0.1, 0.15) is 57.9 Å². The molecule has 5 aliphatic rings. The molecule has 4 aromatic rings. The Hall–Kier alpha value is -4.32. The summed E-state index contributed by atoms with van der Waals surface area (Å²) >= 11 is 0. The molecule has 0 saturated carbocycles. The fourth-order valence-electron chi connectivity index (χ4n) is 7.85. The molecule has 10 nitrogen and oxygen atoms in total. The van der Waals surface area contributed by atoms with Gasteiger partial charge in [0.2, 0.25) is 0 Å². The molecule has 1 atom stereocenters. The summed E-state index contributed by atoms with van der Waals surface area (Å²) in [5.41, 5.74) is 0.336. The van der Waals surface area contributed by atoms with E-state index in [0.717, 1.165) is 51.6 Å². The van der Waals surface area contributed by atoms with Gasteiger partial charge in [-0.25, -0.2) is 13.6 Å². The molecule has 5 aliphatic heterocycles. The van der Waals surface area contributed by atoms with Crippen molar-refractivity contribution in [2.24, 2.45) is 0 Å². The standard InChI is InChI=1S/C33H34F2N6O4.C2H6/c34-25-6-5-19-14-21(42)15-23-26(19)22(25)7-13-44-32(43)37-20-4-1-10-40(17-20)30-24-16-36-28(23)27(35)29(24)38-31(39-30)45-18-33-8-2-11-41(33)12-3-9-33;1-2/h5-6,14-16,20,42H,1-4,7-13,17-18H2,(H,37,43);1-2H3. The number of hydrogen-bond donors (Lipinski definition) is 2. The maximum absolute atomic E-state index is 16.8. The number of aromatic nitrogens is 3. The first kappa shape index (κ1) is 31.3. The molecule has 9 rings (SSSR count). The van der Waals surface area contributed by atoms with E-state index < -0.39 is 17.7 Å². The van der Waals surface area contributed by atoms with E-state index in [4.69, 9.17) is 14.5 Å². The van der Waals surface area contributed by atoms with E-state index in [0.29, 0.717) is 41.7 Å². The van der Waals surface area contributed by atoms with Crippen molar-refractivity contribution in [3.8, 4) is 23.0 Å². The van der Waals surface area contributed by atoms with E-state index in [2.05, 4.69) is 20.2 Å². The molecule has 2 aromatic heterocycles. The van der Waals surface area contributed by atoms with E-state index in [9.17, 15) is 9.90 Å². The van der Waals surface area contributed by atoms with Gasteiger partial charge in [0.15, 0.2) is 5.82 Å². The van der Waals surface area contributed by atoms with E-state index in [1.807, 2.05) is 18.7 Å². The molecule has 2 aromatic carbocycles. The number of amides is 1. The molecule has 0 radical (unpaired) electrons. The van der Waals surface area contributed by atoms with Crippen LogP contribution >= 0.6 is 0 Å². The van der Waals surface area contributed by atoms with Crippen LogP contribution in [0.3, 0.4) is 0 Å². The predicted octanol–water partition coefficient (Wildman–Crippen LogP) is 6.11. The summed E-state index contributed by atoms with van der Waals surface area (Å²) in [5.74, 6) is -0.893. The van der Waals surface area contributed by atoms with Crippen LogP contribution in [-0.4, -0.2) is 82.0 Å². The van der Waals surface area contributed by atoms with Crippen LogP contribution in [-0.2, 0) is 11.2 Å². The van der Waals surface area contributed by atoms with E-state index in [-0.39, 0.29) is 58.7 Å². The third kappa shape index (κ3) is 5.66. The lowest BCUT2D eigenvalue weighted by Crippen LogP contribution is -2.48. The Kier molecular flexibility index (Phi) is 8.46. The molecule has 7 heterocycles. The number of hydrogen-bond acceptors (Lipinski definition) is 9. The maximum Gasteiger partial charge on any atom is 0.407 e. The van der Waals surface area contributed by atoms with Crippen LogP contribution in [0.15, 0.2) is 30.5 Å². The number of fused-ring (bicyclic) bond motifs is 6. The van der Waals surface area contributed by atoms with E-state index >= 15 is 8.78 Å². The summed E-state index contributed by atoms with van der Waals surface area (Å²) in [4.78, 5) is 31.2. The third-order valence-electron chi connectivity index (χ3n) is 9.96. The molecule has 3 fully saturated rings. The molecule has 2 N–H and O–H groups in total. The number of halogens is 2. The van der Waals surface area contributed by atoms with Gasteiger partial charge < -0.3 is 24.8 Å². The number of phenolic OH excluding ortho intramolecular Hbond substituents is 1. The lowest BCUT2D eigenvalue weighted by molar-refractivity contribution is 0.108. The molecule has 1 amide bonds. The minimum absolute atomic E-state index is 0.0308. The van der Waals surface area contributed by atoms with Crippen molar-refractivity contribution in [3.63, 3.8) is 0 Å². The van der Waals surface area contributed by atoms with Crippen LogP contribution < -0.4 is 15.0 Å². The van der Waals surface area contributed by atoms with Gasteiger partial charge in [0.25, 0.3) is 0 Å². The van der Waals surface area contributed by atoms with Crippen LogP contribution in [0.4, 0.5) is 19.4 Å². The Morgan fingerprint density at radius 3 is 2.72 bits per heavy atom. The minimum Gasteiger partial charge on any atom is -0.508 e. The second-order valence-electron chi connectivity index (χ2n) is 12.7. The zero-order chi connectivity index (χ0) is 32.7. The van der Waals surface area contributed by atoms with Crippen molar-refractivity contribution in [2.45, 2.75) is 70.4 Å². The number of piperidine rings is 1. The van der Waals surface area contributed by atoms with Crippen molar-refractivity contribution >= 4 is 33.6 Å². The SMILES string of the molecule is CC.O=C1NC2CCCN(C2)c2nc(OCC34CCCN3CCC4)nc3c(F)c(ncc23)-c2cc(O)cc3ccc(F)c(c23)CCO1. The summed E-state index contributed by atoms with van der Waals surface area (Å²) in [7, 11) is 0. The molecule has 47 heavy (non-hydrogen) atoms. The number of alkyl carbamates (subject to hydrolysis) is 1. The van der Waals surface area contributed by atoms with Gasteiger partial charge in [-0.05, 0) is 86.1 Å². The van der Waals surface area contributed by atoms with E-state index in [1.54, 1.807) is 0 Å². The topological polar surface area (TPSA) is 113 Å². The predicted molar refractivity (Wildman–Crippen MR) is 175 cm³/mol. The number of benzene rings is 2. The van der Waals surface area contributed by atoms with Gasteiger partial charge in [-0.15, -0.1) is 0 Å². The fourth-order valence-corrected chi connectivity index (χ4v) is 7.85. The largest absolute Gasteiger partial charge is 0.508 e. The summed E-state index contributed by atoms with van der Waals surface area (Å²) < 4.78 is 44.0. The normalized spacial score (nSPS) is 20.6. The number of carbonyl (C=O) groups is 1. The molecule has 6 bridgehead atoms. The Morgan fingerprint density at radius 2 is 1.91 bits per heavy atom. The Labute approximate surface area is 272 Å². The van der Waals surface area contributed by atoms with Crippen molar-refractivity contribution in [3.05, 3.63) is 47.7 Å². The number of anilines is 1. The number of nitrogens with zero attached hydrogens (tertiary/aromatic N) is 5. The zero-order valence-corrected chi connectivity index (χ0v) is 26.8. The zero-order valence-electron chi connectivity index (χ0n) is 26.8. The first-order valence-corrected chi connectivity index (χ1v) is 16.8. The van der Waals surface area contributed by atoms with Crippen molar-refractivity contribution in [2.75, 3.05) is 44.3 Å². The highest BCUT2D eigenvalue weighted by Gasteiger charge is 2.45. The van der Waals surface area contributed by atoms with Gasteiger partial charge in [0.1, 0.15) is 35.2 Å². The second kappa shape index (κ2) is 12.7. The van der Waals surface area contributed by atoms with Gasteiger partial charge in [0, 0.05) is 37.3 Å². The second-order valence-corrected chi connectivity index (χ2v) is 12.7. The number of carbonyl (C=O) groups excluding carboxylic acids is 1. The smallest absolute Gasteiger partial charge is 0.407 e. The van der Waals surface area contributed by atoms with Crippen molar-refractivity contribution in [1.29, 1.82) is 0 Å². The van der Waals surface area contributed by atoms with Crippen LogP contribution in [0.2, 0.25) is 0 Å². The maximum atomic E-state index is 16.8. The fraction of sp³-hybridized carbons (Fsp3) is 0.486. The lowest BCUT2D eigenvalue weighted by Gasteiger charge is -2.34. The highest BCUT2D eigenvalue weighted by Crippen LogP contribution is 2.41. The molecule has 0 aliphatic carbocycles. The quantitative estimate of drug-likeness (QED) is 0.272. The molecule has 248 valence electrons. The van der Waals surface area contributed by atoms with Crippen molar-refractivity contribution < 1.29 is 28.2 Å². The lowest BCUT2D eigenvalue weighted by atomic mass is 9.94. The average Bonchev–Trinajstić information content (AvgIpc) is 3.66. The number of phenols is 1. The monoisotopic (exact) mass is 646 g/mol. The van der Waals surface area contributed by atoms with Gasteiger partial charge in [-0.3, -0.25) is 9.88 Å². The molecular weight excluding hydrogens is 606 g/mol. The van der Waals surface area contributed by atoms with Crippen molar-refractivity contribution in [1.82, 2.24) is 25.2 Å². The highest BCUT2D eigenvalue weighted by atomic mass is 19.1. The van der Waals surface area contributed by atoms with Gasteiger partial charge in [-0.1, -0.05) is 19.9 Å². The molecular formula is C35H40F2N6O4. The third-order valence-corrected chi connectivity index (χ3v) is 9.96. The minimum atomic E-state index is -0.713. The summed E-state index contributed by atoms with van der Waals surface area (Å²) in [6, 6.07) is 5.52.